The Bertz CT molecular complexity index is 834. The van der Waals surface area contributed by atoms with Crippen LogP contribution < -0.4 is 4.74 Å². The number of hydrogen-bond acceptors (Lipinski definition) is 4. The molecule has 0 amide bonds. The third kappa shape index (κ3) is 4.27. The topological polar surface area (TPSA) is 28.2 Å². The highest BCUT2D eigenvalue weighted by atomic mass is 16.6. The Morgan fingerprint density at radius 2 is 1.87 bits per heavy atom. The summed E-state index contributed by atoms with van der Waals surface area (Å²) >= 11 is 0. The molecule has 0 radical (unpaired) electrons. The van der Waals surface area contributed by atoms with Gasteiger partial charge in [-0.1, -0.05) is 55.3 Å². The summed E-state index contributed by atoms with van der Waals surface area (Å²) in [4.78, 5) is 5.07. The monoisotopic (exact) mass is 406 g/mol. The lowest BCUT2D eigenvalue weighted by molar-refractivity contribution is 0.125. The number of fused-ring (bicyclic) bond motifs is 1. The molecule has 3 fully saturated rings. The molecule has 2 aromatic carbocycles. The predicted octanol–water partition coefficient (Wildman–Crippen LogP) is 4.31. The number of likely N-dealkylation sites (N-methyl/N-ethyl adjacent to an activating group) is 1. The molecule has 0 spiro atoms. The van der Waals surface area contributed by atoms with Crippen molar-refractivity contribution in [1.29, 1.82) is 0 Å². The van der Waals surface area contributed by atoms with Gasteiger partial charge in [-0.25, -0.2) is 0 Å². The van der Waals surface area contributed by atoms with E-state index in [0.29, 0.717) is 18.6 Å². The summed E-state index contributed by atoms with van der Waals surface area (Å²) in [5.74, 6) is 1.38. The normalized spacial score (nSPS) is 28.0. The second-order valence-corrected chi connectivity index (χ2v) is 9.31. The van der Waals surface area contributed by atoms with Crippen LogP contribution in [0.4, 0.5) is 0 Å². The minimum Gasteiger partial charge on any atom is -0.489 e. The maximum atomic E-state index is 6.44. The number of hydrogen-bond donors (Lipinski definition) is 0. The Hall–Kier alpha value is -1.88. The summed E-state index contributed by atoms with van der Waals surface area (Å²) in [6.45, 7) is 6.31. The summed E-state index contributed by atoms with van der Waals surface area (Å²) in [7, 11) is 2.22. The fourth-order valence-electron chi connectivity index (χ4n) is 5.36. The van der Waals surface area contributed by atoms with E-state index in [4.69, 9.17) is 9.47 Å². The lowest BCUT2D eigenvalue weighted by Crippen LogP contribution is -2.47. The molecule has 1 aliphatic carbocycles. The number of rotatable bonds is 7. The molecule has 3 atom stereocenters. The van der Waals surface area contributed by atoms with Gasteiger partial charge in [-0.2, -0.15) is 0 Å². The molecule has 160 valence electrons. The maximum Gasteiger partial charge on any atom is 0.120 e. The van der Waals surface area contributed by atoms with Crippen LogP contribution in [0.15, 0.2) is 54.6 Å². The van der Waals surface area contributed by atoms with Crippen molar-refractivity contribution >= 4 is 0 Å². The molecule has 4 nitrogen and oxygen atoms in total. The van der Waals surface area contributed by atoms with Crippen LogP contribution in [0.3, 0.4) is 0 Å². The average molecular weight is 407 g/mol. The minimum atomic E-state index is 0.0552. The third-order valence-corrected chi connectivity index (χ3v) is 7.27. The summed E-state index contributed by atoms with van der Waals surface area (Å²) in [5, 5.41) is 0. The van der Waals surface area contributed by atoms with Gasteiger partial charge in [0, 0.05) is 38.6 Å². The van der Waals surface area contributed by atoms with Crippen LogP contribution >= 0.6 is 0 Å². The predicted molar refractivity (Wildman–Crippen MR) is 120 cm³/mol. The SMILES string of the molecule is CN1CCN(CC(c2cccc(OCc3ccccc3)c2)C23CCCCC2O3)CC1. The Morgan fingerprint density at radius 1 is 1.03 bits per heavy atom. The first-order valence-corrected chi connectivity index (χ1v) is 11.6. The molecule has 30 heavy (non-hydrogen) atoms. The van der Waals surface area contributed by atoms with Gasteiger partial charge < -0.3 is 19.3 Å². The summed E-state index contributed by atoms with van der Waals surface area (Å²) in [6, 6.07) is 19.2. The van der Waals surface area contributed by atoms with Crippen LogP contribution in [0.1, 0.15) is 42.7 Å². The van der Waals surface area contributed by atoms with E-state index in [9.17, 15) is 0 Å². The van der Waals surface area contributed by atoms with Gasteiger partial charge in [0.1, 0.15) is 18.0 Å². The van der Waals surface area contributed by atoms with Crippen LogP contribution in [0.25, 0.3) is 0 Å². The molecule has 3 unspecified atom stereocenters. The van der Waals surface area contributed by atoms with Gasteiger partial charge in [-0.3, -0.25) is 0 Å². The van der Waals surface area contributed by atoms with Gasteiger partial charge in [0.05, 0.1) is 6.10 Å². The van der Waals surface area contributed by atoms with E-state index in [-0.39, 0.29) is 5.60 Å². The largest absolute Gasteiger partial charge is 0.489 e. The molecular formula is C26H34N2O2. The summed E-state index contributed by atoms with van der Waals surface area (Å²) in [6.07, 6.45) is 5.49. The van der Waals surface area contributed by atoms with E-state index in [1.807, 2.05) is 6.07 Å². The molecule has 4 heteroatoms. The molecule has 2 saturated heterocycles. The van der Waals surface area contributed by atoms with E-state index in [1.165, 1.54) is 36.8 Å². The van der Waals surface area contributed by atoms with E-state index in [0.717, 1.165) is 38.5 Å². The lowest BCUT2D eigenvalue weighted by Gasteiger charge is -2.37. The van der Waals surface area contributed by atoms with Crippen molar-refractivity contribution in [2.24, 2.45) is 0 Å². The first kappa shape index (κ1) is 20.0. The van der Waals surface area contributed by atoms with Crippen molar-refractivity contribution < 1.29 is 9.47 Å². The number of nitrogens with zero attached hydrogens (tertiary/aromatic N) is 2. The number of benzene rings is 2. The fourth-order valence-corrected chi connectivity index (χ4v) is 5.36. The van der Waals surface area contributed by atoms with E-state index in [2.05, 4.69) is 65.4 Å². The Labute approximate surface area is 180 Å². The van der Waals surface area contributed by atoms with Crippen LogP contribution in [0, 0.1) is 0 Å². The van der Waals surface area contributed by atoms with Crippen molar-refractivity contribution in [2.75, 3.05) is 39.8 Å². The molecular weight excluding hydrogens is 372 g/mol. The number of ether oxygens (including phenoxy) is 2. The lowest BCUT2D eigenvalue weighted by atomic mass is 9.76. The van der Waals surface area contributed by atoms with Crippen molar-refractivity contribution in [3.05, 3.63) is 65.7 Å². The molecule has 0 aromatic heterocycles. The zero-order valence-corrected chi connectivity index (χ0v) is 18.1. The smallest absolute Gasteiger partial charge is 0.120 e. The van der Waals surface area contributed by atoms with E-state index in [1.54, 1.807) is 0 Å². The number of piperazine rings is 1. The first-order valence-electron chi connectivity index (χ1n) is 11.6. The molecule has 2 aliphatic heterocycles. The van der Waals surface area contributed by atoms with Crippen molar-refractivity contribution in [3.8, 4) is 5.75 Å². The van der Waals surface area contributed by atoms with Gasteiger partial charge in [-0.05, 0) is 43.1 Å². The molecule has 0 N–H and O–H groups in total. The average Bonchev–Trinajstić information content (AvgIpc) is 3.54. The molecule has 0 bridgehead atoms. The second-order valence-electron chi connectivity index (χ2n) is 9.31. The van der Waals surface area contributed by atoms with Gasteiger partial charge in [-0.15, -0.1) is 0 Å². The zero-order chi connectivity index (χ0) is 20.4. The van der Waals surface area contributed by atoms with E-state index >= 15 is 0 Å². The standard InChI is InChI=1S/C26H34N2O2/c1-27-14-16-28(17-15-27)19-24(26-13-6-5-12-25(26)30-26)22-10-7-11-23(18-22)29-20-21-8-3-2-4-9-21/h2-4,7-11,18,24-25H,5-6,12-17,19-20H2,1H3. The Balaban J connectivity index is 1.34. The maximum absolute atomic E-state index is 6.44. The van der Waals surface area contributed by atoms with Crippen LogP contribution in [-0.2, 0) is 11.3 Å². The van der Waals surface area contributed by atoms with Crippen LogP contribution in [0.2, 0.25) is 0 Å². The summed E-state index contributed by atoms with van der Waals surface area (Å²) in [5.41, 5.74) is 2.64. The minimum absolute atomic E-state index is 0.0552. The fraction of sp³-hybridized carbons (Fsp3) is 0.538. The quantitative estimate of drug-likeness (QED) is 0.641. The van der Waals surface area contributed by atoms with E-state index < -0.39 is 0 Å². The van der Waals surface area contributed by atoms with Gasteiger partial charge in [0.25, 0.3) is 0 Å². The van der Waals surface area contributed by atoms with Crippen molar-refractivity contribution in [2.45, 2.75) is 49.9 Å². The second kappa shape index (κ2) is 8.70. The molecule has 5 rings (SSSR count). The van der Waals surface area contributed by atoms with Crippen molar-refractivity contribution in [3.63, 3.8) is 0 Å². The van der Waals surface area contributed by atoms with Crippen LogP contribution in [0.5, 0.6) is 5.75 Å². The molecule has 2 heterocycles. The highest BCUT2D eigenvalue weighted by molar-refractivity contribution is 5.35. The first-order chi connectivity index (χ1) is 14.7. The number of epoxide rings is 1. The van der Waals surface area contributed by atoms with Crippen LogP contribution in [-0.4, -0.2) is 61.3 Å². The zero-order valence-electron chi connectivity index (χ0n) is 18.1. The summed E-state index contributed by atoms with van der Waals surface area (Å²) < 4.78 is 12.6. The molecule has 1 saturated carbocycles. The van der Waals surface area contributed by atoms with Crippen molar-refractivity contribution in [1.82, 2.24) is 9.80 Å². The third-order valence-electron chi connectivity index (χ3n) is 7.27. The molecule has 2 aromatic rings. The molecule has 3 aliphatic rings. The Kier molecular flexibility index (Phi) is 5.81. The Morgan fingerprint density at radius 3 is 2.67 bits per heavy atom. The van der Waals surface area contributed by atoms with Gasteiger partial charge in [0.2, 0.25) is 0 Å². The van der Waals surface area contributed by atoms with Gasteiger partial charge in [0.15, 0.2) is 0 Å². The highest BCUT2D eigenvalue weighted by Crippen LogP contribution is 2.56. The van der Waals surface area contributed by atoms with Gasteiger partial charge >= 0.3 is 0 Å². The highest BCUT2D eigenvalue weighted by Gasteiger charge is 2.62.